The van der Waals surface area contributed by atoms with Crippen LogP contribution in [0.4, 0.5) is 0 Å². The van der Waals surface area contributed by atoms with Crippen molar-refractivity contribution in [2.24, 2.45) is 11.7 Å². The number of ether oxygens (including phenoxy) is 1. The van der Waals surface area contributed by atoms with Gasteiger partial charge in [0.05, 0.1) is 0 Å². The molecule has 3 heterocycles. The molecule has 1 amide bonds. The maximum Gasteiger partial charge on any atom is 0.269 e. The van der Waals surface area contributed by atoms with Crippen molar-refractivity contribution in [3.8, 4) is 0 Å². The molecule has 0 spiro atoms. The zero-order valence-electron chi connectivity index (χ0n) is 12.4. The zero-order valence-corrected chi connectivity index (χ0v) is 12.4. The number of H-pyrrole nitrogens is 1. The topological polar surface area (TPSA) is 84.2 Å². The quantitative estimate of drug-likeness (QED) is 0.871. The minimum atomic E-state index is -0.465. The molecule has 0 unspecified atom stereocenters. The van der Waals surface area contributed by atoms with Crippen LogP contribution >= 0.6 is 0 Å². The van der Waals surface area contributed by atoms with Crippen molar-refractivity contribution < 1.29 is 9.53 Å². The summed E-state index contributed by atoms with van der Waals surface area (Å²) < 4.78 is 5.43. The van der Waals surface area contributed by atoms with E-state index in [0.29, 0.717) is 11.6 Å². The lowest BCUT2D eigenvalue weighted by Gasteiger charge is -2.35. The van der Waals surface area contributed by atoms with Crippen molar-refractivity contribution in [3.63, 3.8) is 0 Å². The van der Waals surface area contributed by atoms with Gasteiger partial charge in [0.25, 0.3) is 5.91 Å². The monoisotopic (exact) mass is 292 g/mol. The summed E-state index contributed by atoms with van der Waals surface area (Å²) in [5.41, 5.74) is 6.65. The fraction of sp³-hybridized carbons (Fsp3) is 0.733. The molecule has 0 aromatic carbocycles. The Labute approximate surface area is 125 Å². The number of hydrogen-bond donors (Lipinski definition) is 2. The van der Waals surface area contributed by atoms with E-state index in [2.05, 4.69) is 15.1 Å². The lowest BCUT2D eigenvalue weighted by Crippen LogP contribution is -2.39. The molecule has 3 rings (SSSR count). The second-order valence-electron chi connectivity index (χ2n) is 6.23. The van der Waals surface area contributed by atoms with Gasteiger partial charge < -0.3 is 15.4 Å². The Morgan fingerprint density at radius 3 is 2.95 bits per heavy atom. The van der Waals surface area contributed by atoms with Gasteiger partial charge in [-0.3, -0.25) is 9.89 Å². The summed E-state index contributed by atoms with van der Waals surface area (Å²) in [4.78, 5) is 13.7. The third-order valence-corrected chi connectivity index (χ3v) is 4.65. The summed E-state index contributed by atoms with van der Waals surface area (Å²) in [6.07, 6.45) is 4.69. The van der Waals surface area contributed by atoms with Gasteiger partial charge in [-0.2, -0.15) is 5.10 Å². The van der Waals surface area contributed by atoms with Crippen LogP contribution in [0.3, 0.4) is 0 Å². The smallest absolute Gasteiger partial charge is 0.269 e. The minimum absolute atomic E-state index is 0.339. The van der Waals surface area contributed by atoms with E-state index in [1.807, 2.05) is 6.07 Å². The Morgan fingerprint density at radius 2 is 2.24 bits per heavy atom. The fourth-order valence-corrected chi connectivity index (χ4v) is 3.44. The largest absolute Gasteiger partial charge is 0.381 e. The van der Waals surface area contributed by atoms with Crippen molar-refractivity contribution in [1.29, 1.82) is 0 Å². The number of carbonyl (C=O) groups excluding carboxylic acids is 1. The van der Waals surface area contributed by atoms with Crippen molar-refractivity contribution in [2.45, 2.75) is 31.6 Å². The molecular weight excluding hydrogens is 268 g/mol. The molecule has 2 fully saturated rings. The van der Waals surface area contributed by atoms with Crippen molar-refractivity contribution >= 4 is 5.91 Å². The Bertz CT molecular complexity index is 482. The number of piperidine rings is 1. The van der Waals surface area contributed by atoms with Crippen LogP contribution in [0.5, 0.6) is 0 Å². The second-order valence-corrected chi connectivity index (χ2v) is 6.23. The molecule has 6 heteroatoms. The second kappa shape index (κ2) is 6.58. The molecule has 1 atom stereocenters. The lowest BCUT2D eigenvalue weighted by molar-refractivity contribution is 0.0482. The predicted molar refractivity (Wildman–Crippen MR) is 79.1 cm³/mol. The molecule has 3 N–H and O–H groups in total. The summed E-state index contributed by atoms with van der Waals surface area (Å²) >= 11 is 0. The summed E-state index contributed by atoms with van der Waals surface area (Å²) in [7, 11) is 0. The van der Waals surface area contributed by atoms with Crippen molar-refractivity contribution in [1.82, 2.24) is 15.1 Å². The van der Waals surface area contributed by atoms with Gasteiger partial charge in [0.1, 0.15) is 5.69 Å². The summed E-state index contributed by atoms with van der Waals surface area (Å²) in [5, 5.41) is 6.98. The van der Waals surface area contributed by atoms with Crippen molar-refractivity contribution in [3.05, 3.63) is 17.5 Å². The van der Waals surface area contributed by atoms with Crippen LogP contribution in [0.25, 0.3) is 0 Å². The standard InChI is InChI=1S/C15H24N4O2/c16-15(20)14-8-13(17-18-14)12-2-1-5-19(10-12)9-11-3-6-21-7-4-11/h8,11-12H,1-7,9-10H2,(H2,16,20)(H,17,18)/t12-/m0/s1. The maximum atomic E-state index is 11.1. The molecule has 0 radical (unpaired) electrons. The fourth-order valence-electron chi connectivity index (χ4n) is 3.44. The molecule has 1 aromatic rings. The normalized spacial score (nSPS) is 25.0. The Balaban J connectivity index is 1.58. The number of primary amides is 1. The molecule has 21 heavy (non-hydrogen) atoms. The Hall–Kier alpha value is -1.40. The number of aromatic amines is 1. The average molecular weight is 292 g/mol. The van der Waals surface area contributed by atoms with Crippen LogP contribution in [0, 0.1) is 5.92 Å². The number of nitrogens with one attached hydrogen (secondary N) is 1. The van der Waals surface area contributed by atoms with Crippen LogP contribution in [-0.4, -0.2) is 53.9 Å². The van der Waals surface area contributed by atoms with Gasteiger partial charge >= 0.3 is 0 Å². The van der Waals surface area contributed by atoms with Crippen molar-refractivity contribution in [2.75, 3.05) is 32.8 Å². The molecule has 6 nitrogen and oxygen atoms in total. The Morgan fingerprint density at radius 1 is 1.43 bits per heavy atom. The SMILES string of the molecule is NC(=O)c1cc([C@H]2CCCN(CC3CCOCC3)C2)[nH]n1. The third-order valence-electron chi connectivity index (χ3n) is 4.65. The molecule has 116 valence electrons. The van der Waals surface area contributed by atoms with Crippen LogP contribution in [0.15, 0.2) is 6.07 Å². The highest BCUT2D eigenvalue weighted by atomic mass is 16.5. The highest BCUT2D eigenvalue weighted by molar-refractivity contribution is 5.90. The number of amides is 1. The van der Waals surface area contributed by atoms with E-state index in [1.54, 1.807) is 0 Å². The molecule has 2 saturated heterocycles. The van der Waals surface area contributed by atoms with E-state index in [1.165, 1.54) is 25.8 Å². The van der Waals surface area contributed by atoms with Crippen LogP contribution < -0.4 is 5.73 Å². The first kappa shape index (κ1) is 14.5. The number of hydrogen-bond acceptors (Lipinski definition) is 4. The average Bonchev–Trinajstić information content (AvgIpc) is 2.99. The van der Waals surface area contributed by atoms with E-state index in [0.717, 1.165) is 44.3 Å². The van der Waals surface area contributed by atoms with E-state index >= 15 is 0 Å². The van der Waals surface area contributed by atoms with Gasteiger partial charge in [0.2, 0.25) is 0 Å². The molecule has 1 aromatic heterocycles. The van der Waals surface area contributed by atoms with Crippen LogP contribution in [0.1, 0.15) is 47.8 Å². The summed E-state index contributed by atoms with van der Waals surface area (Å²) in [6, 6.07) is 1.81. The highest BCUT2D eigenvalue weighted by Crippen LogP contribution is 2.27. The number of rotatable bonds is 4. The van der Waals surface area contributed by atoms with Crippen LogP contribution in [-0.2, 0) is 4.74 Å². The number of nitrogens with two attached hydrogens (primary N) is 1. The lowest BCUT2D eigenvalue weighted by atomic mass is 9.92. The van der Waals surface area contributed by atoms with E-state index in [-0.39, 0.29) is 0 Å². The molecule has 0 aliphatic carbocycles. The first-order chi connectivity index (χ1) is 10.2. The predicted octanol–water partition coefficient (Wildman–Crippen LogP) is 1.11. The number of aromatic nitrogens is 2. The van der Waals surface area contributed by atoms with E-state index < -0.39 is 5.91 Å². The van der Waals surface area contributed by atoms with E-state index in [9.17, 15) is 4.79 Å². The maximum absolute atomic E-state index is 11.1. The molecular formula is C15H24N4O2. The summed E-state index contributed by atoms with van der Waals surface area (Å²) in [5.74, 6) is 0.729. The Kier molecular flexibility index (Phi) is 4.55. The van der Waals surface area contributed by atoms with Gasteiger partial charge in [0.15, 0.2) is 0 Å². The van der Waals surface area contributed by atoms with Gasteiger partial charge in [-0.1, -0.05) is 0 Å². The first-order valence-electron chi connectivity index (χ1n) is 7.87. The number of likely N-dealkylation sites (tertiary alicyclic amines) is 1. The molecule has 0 saturated carbocycles. The summed E-state index contributed by atoms with van der Waals surface area (Å²) in [6.45, 7) is 5.19. The van der Waals surface area contributed by atoms with Crippen LogP contribution in [0.2, 0.25) is 0 Å². The van der Waals surface area contributed by atoms with Gasteiger partial charge in [-0.15, -0.1) is 0 Å². The first-order valence-corrected chi connectivity index (χ1v) is 7.87. The molecule has 2 aliphatic heterocycles. The van der Waals surface area contributed by atoms with E-state index in [4.69, 9.17) is 10.5 Å². The zero-order chi connectivity index (χ0) is 14.7. The van der Waals surface area contributed by atoms with Gasteiger partial charge in [-0.25, -0.2) is 0 Å². The van der Waals surface area contributed by atoms with Gasteiger partial charge in [0, 0.05) is 37.9 Å². The highest BCUT2D eigenvalue weighted by Gasteiger charge is 2.26. The number of nitrogens with zero attached hydrogens (tertiary/aromatic N) is 2. The minimum Gasteiger partial charge on any atom is -0.381 e. The third kappa shape index (κ3) is 3.63. The number of carbonyl (C=O) groups is 1. The molecule has 2 aliphatic rings. The molecule has 0 bridgehead atoms. The van der Waals surface area contributed by atoms with Gasteiger partial charge in [-0.05, 0) is 44.2 Å².